The van der Waals surface area contributed by atoms with Crippen molar-refractivity contribution in [3.63, 3.8) is 0 Å². The zero-order valence-electron chi connectivity index (χ0n) is 18.8. The summed E-state index contributed by atoms with van der Waals surface area (Å²) in [5.41, 5.74) is 4.57. The maximum absolute atomic E-state index is 12.5. The third-order valence-corrected chi connectivity index (χ3v) is 6.46. The third kappa shape index (κ3) is 7.29. The number of halogens is 2. The van der Waals surface area contributed by atoms with Crippen molar-refractivity contribution >= 4 is 62.1 Å². The van der Waals surface area contributed by atoms with Crippen LogP contribution in [-0.4, -0.2) is 38.7 Å². The van der Waals surface area contributed by atoms with Gasteiger partial charge in [0.1, 0.15) is 6.54 Å². The lowest BCUT2D eigenvalue weighted by Crippen LogP contribution is -2.39. The Kier molecular flexibility index (Phi) is 8.50. The van der Waals surface area contributed by atoms with Crippen LogP contribution in [-0.2, 0) is 14.8 Å². The normalized spacial score (nSPS) is 11.6. The smallest absolute Gasteiger partial charge is 0.260 e. The first-order chi connectivity index (χ1) is 16.5. The van der Waals surface area contributed by atoms with E-state index in [0.29, 0.717) is 27.5 Å². The largest absolute Gasteiger partial charge is 0.322 e. The topological polar surface area (TPSA) is 108 Å². The minimum atomic E-state index is -3.78. The number of para-hydroxylation sites is 1. The molecule has 0 atom stereocenters. The highest BCUT2D eigenvalue weighted by molar-refractivity contribution is 7.92. The van der Waals surface area contributed by atoms with Crippen molar-refractivity contribution in [2.24, 2.45) is 5.10 Å². The quantitative estimate of drug-likeness (QED) is 0.327. The second kappa shape index (κ2) is 11.4. The molecule has 3 aromatic carbocycles. The van der Waals surface area contributed by atoms with Crippen molar-refractivity contribution in [2.45, 2.75) is 6.92 Å². The van der Waals surface area contributed by atoms with Crippen molar-refractivity contribution in [1.82, 2.24) is 5.43 Å². The number of carbonyl (C=O) groups is 2. The lowest BCUT2D eigenvalue weighted by Gasteiger charge is -2.22. The minimum absolute atomic E-state index is 0.190. The Morgan fingerprint density at radius 2 is 1.63 bits per heavy atom. The number of nitrogens with zero attached hydrogens (tertiary/aromatic N) is 2. The average molecular weight is 533 g/mol. The van der Waals surface area contributed by atoms with Gasteiger partial charge in [-0.3, -0.25) is 13.9 Å². The van der Waals surface area contributed by atoms with E-state index in [9.17, 15) is 18.0 Å². The number of sulfonamides is 1. The first-order valence-electron chi connectivity index (χ1n) is 10.3. The predicted molar refractivity (Wildman–Crippen MR) is 140 cm³/mol. The first kappa shape index (κ1) is 26.2. The molecule has 35 heavy (non-hydrogen) atoms. The molecule has 0 fully saturated rings. The molecule has 0 saturated carbocycles. The van der Waals surface area contributed by atoms with Gasteiger partial charge in [-0.25, -0.2) is 13.8 Å². The first-order valence-corrected chi connectivity index (χ1v) is 12.9. The molecule has 0 saturated heterocycles. The van der Waals surface area contributed by atoms with Crippen LogP contribution in [0.1, 0.15) is 22.8 Å². The maximum Gasteiger partial charge on any atom is 0.260 e. The van der Waals surface area contributed by atoms with Gasteiger partial charge in [-0.2, -0.15) is 5.10 Å². The van der Waals surface area contributed by atoms with Gasteiger partial charge in [0.05, 0.1) is 22.7 Å². The summed E-state index contributed by atoms with van der Waals surface area (Å²) in [7, 11) is -3.78. The van der Waals surface area contributed by atoms with E-state index in [0.717, 1.165) is 10.6 Å². The fourth-order valence-electron chi connectivity index (χ4n) is 3.07. The van der Waals surface area contributed by atoms with Gasteiger partial charge in [-0.15, -0.1) is 0 Å². The van der Waals surface area contributed by atoms with Gasteiger partial charge in [-0.05, 0) is 55.0 Å². The van der Waals surface area contributed by atoms with Gasteiger partial charge in [0.2, 0.25) is 10.0 Å². The number of amides is 2. The van der Waals surface area contributed by atoms with E-state index in [1.165, 1.54) is 12.1 Å². The zero-order chi connectivity index (χ0) is 25.6. The highest BCUT2D eigenvalue weighted by atomic mass is 35.5. The molecular weight excluding hydrogens is 511 g/mol. The van der Waals surface area contributed by atoms with E-state index in [-0.39, 0.29) is 16.6 Å². The zero-order valence-corrected chi connectivity index (χ0v) is 21.2. The molecule has 2 N–H and O–H groups in total. The van der Waals surface area contributed by atoms with Gasteiger partial charge in [0, 0.05) is 16.3 Å². The number of nitrogens with one attached hydrogen (secondary N) is 2. The lowest BCUT2D eigenvalue weighted by molar-refractivity contribution is -0.119. The van der Waals surface area contributed by atoms with Crippen molar-refractivity contribution in [3.05, 3.63) is 94.0 Å². The van der Waals surface area contributed by atoms with E-state index in [1.807, 2.05) is 0 Å². The lowest BCUT2D eigenvalue weighted by atomic mass is 10.1. The SMILES string of the molecule is C/C(=N/NC(=O)CN(c1ccccc1Cl)S(C)(=O)=O)c1cccc(NC(=O)c2cccc(Cl)c2)c1. The monoisotopic (exact) mass is 532 g/mol. The molecule has 3 aromatic rings. The Labute approximate surface area is 213 Å². The molecule has 11 heteroatoms. The number of hydrogen-bond acceptors (Lipinski definition) is 5. The molecule has 0 aliphatic rings. The van der Waals surface area contributed by atoms with Crippen LogP contribution in [0.4, 0.5) is 11.4 Å². The van der Waals surface area contributed by atoms with Crippen LogP contribution in [0.3, 0.4) is 0 Å². The highest BCUT2D eigenvalue weighted by Crippen LogP contribution is 2.26. The van der Waals surface area contributed by atoms with Crippen molar-refractivity contribution < 1.29 is 18.0 Å². The summed E-state index contributed by atoms with van der Waals surface area (Å²) in [6, 6.07) is 19.8. The fraction of sp³-hybridized carbons (Fsp3) is 0.125. The van der Waals surface area contributed by atoms with E-state index >= 15 is 0 Å². The summed E-state index contributed by atoms with van der Waals surface area (Å²) in [5.74, 6) is -0.979. The fourth-order valence-corrected chi connectivity index (χ4v) is 4.41. The number of carbonyl (C=O) groups excluding carboxylic acids is 2. The molecule has 2 amide bonds. The maximum atomic E-state index is 12.5. The second-order valence-corrected chi connectivity index (χ2v) is 10.2. The predicted octanol–water partition coefficient (Wildman–Crippen LogP) is 4.55. The van der Waals surface area contributed by atoms with Crippen molar-refractivity contribution in [1.29, 1.82) is 0 Å². The van der Waals surface area contributed by atoms with Crippen LogP contribution in [0.2, 0.25) is 10.0 Å². The van der Waals surface area contributed by atoms with Gasteiger partial charge in [-0.1, -0.05) is 53.5 Å². The summed E-state index contributed by atoms with van der Waals surface area (Å²) in [6.07, 6.45) is 0.987. The molecule has 0 bridgehead atoms. The molecule has 0 radical (unpaired) electrons. The Morgan fingerprint density at radius 3 is 2.31 bits per heavy atom. The third-order valence-electron chi connectivity index (χ3n) is 4.78. The molecular formula is C24H22Cl2N4O4S. The van der Waals surface area contributed by atoms with Gasteiger partial charge in [0.25, 0.3) is 11.8 Å². The van der Waals surface area contributed by atoms with Crippen molar-refractivity contribution in [2.75, 3.05) is 22.4 Å². The Balaban J connectivity index is 1.70. The Morgan fingerprint density at radius 1 is 0.943 bits per heavy atom. The molecule has 0 heterocycles. The van der Waals surface area contributed by atoms with Crippen LogP contribution in [0.25, 0.3) is 0 Å². The second-order valence-electron chi connectivity index (χ2n) is 7.50. The summed E-state index contributed by atoms with van der Waals surface area (Å²) in [6.45, 7) is 1.16. The van der Waals surface area contributed by atoms with E-state index in [1.54, 1.807) is 67.6 Å². The summed E-state index contributed by atoms with van der Waals surface area (Å²) < 4.78 is 25.4. The molecule has 0 aliphatic heterocycles. The van der Waals surface area contributed by atoms with Gasteiger partial charge >= 0.3 is 0 Å². The van der Waals surface area contributed by atoms with Crippen molar-refractivity contribution in [3.8, 4) is 0 Å². The Hall–Kier alpha value is -3.40. The summed E-state index contributed by atoms with van der Waals surface area (Å²) >= 11 is 12.1. The molecule has 0 spiro atoms. The summed E-state index contributed by atoms with van der Waals surface area (Å²) in [5, 5.41) is 7.50. The number of hydrogen-bond donors (Lipinski definition) is 2. The molecule has 0 unspecified atom stereocenters. The minimum Gasteiger partial charge on any atom is -0.322 e. The van der Waals surface area contributed by atoms with Crippen LogP contribution >= 0.6 is 23.2 Å². The van der Waals surface area contributed by atoms with Crippen LogP contribution in [0.15, 0.2) is 77.9 Å². The van der Waals surface area contributed by atoms with Crippen LogP contribution < -0.4 is 15.0 Å². The highest BCUT2D eigenvalue weighted by Gasteiger charge is 2.22. The summed E-state index contributed by atoms with van der Waals surface area (Å²) in [4.78, 5) is 24.9. The Bertz CT molecular complexity index is 1390. The standard InChI is InChI=1S/C24H22Cl2N4O4S/c1-16(17-7-6-10-20(14-17)27-24(32)18-8-5-9-19(25)13-18)28-29-23(31)15-30(35(2,33)34)22-12-4-3-11-21(22)26/h3-14H,15H2,1-2H3,(H,27,32)(H,29,31)/b28-16-. The van der Waals surface area contributed by atoms with Gasteiger partial charge < -0.3 is 5.32 Å². The number of benzene rings is 3. The van der Waals surface area contributed by atoms with Crippen LogP contribution in [0, 0.1) is 0 Å². The molecule has 0 aliphatic carbocycles. The molecule has 8 nitrogen and oxygen atoms in total. The number of hydrazone groups is 1. The average Bonchev–Trinajstić information content (AvgIpc) is 2.81. The molecule has 0 aromatic heterocycles. The molecule has 3 rings (SSSR count). The van der Waals surface area contributed by atoms with Gasteiger partial charge in [0.15, 0.2) is 0 Å². The van der Waals surface area contributed by atoms with Crippen LogP contribution in [0.5, 0.6) is 0 Å². The molecule has 182 valence electrons. The number of anilines is 2. The van der Waals surface area contributed by atoms with E-state index < -0.39 is 22.5 Å². The van der Waals surface area contributed by atoms with E-state index in [4.69, 9.17) is 23.2 Å². The van der Waals surface area contributed by atoms with E-state index in [2.05, 4.69) is 15.8 Å². The number of rotatable bonds is 8.